The van der Waals surface area contributed by atoms with Gasteiger partial charge in [0, 0.05) is 6.04 Å². The second kappa shape index (κ2) is 2.97. The first-order valence-corrected chi connectivity index (χ1v) is 4.68. The molecule has 0 amide bonds. The van der Waals surface area contributed by atoms with Crippen LogP contribution >= 0.6 is 0 Å². The maximum Gasteiger partial charge on any atom is 0.447 e. The first kappa shape index (κ1) is 7.82. The van der Waals surface area contributed by atoms with Crippen LogP contribution in [0.15, 0.2) is 12.3 Å². The van der Waals surface area contributed by atoms with E-state index in [1.54, 1.807) is 6.92 Å². The van der Waals surface area contributed by atoms with Gasteiger partial charge in [0.15, 0.2) is 0 Å². The Bertz CT molecular complexity index is 80.5. The molecule has 0 aliphatic carbocycles. The lowest BCUT2D eigenvalue weighted by Crippen LogP contribution is -2.17. The summed E-state index contributed by atoms with van der Waals surface area (Å²) in [5, 5.41) is 0. The van der Waals surface area contributed by atoms with Crippen LogP contribution in [0.3, 0.4) is 0 Å². The third-order valence-corrected chi connectivity index (χ3v) is 2.65. The van der Waals surface area contributed by atoms with Gasteiger partial charge in [-0.1, -0.05) is 13.3 Å². The third-order valence-electron chi connectivity index (χ3n) is 0.882. The summed E-state index contributed by atoms with van der Waals surface area (Å²) in [6, 6.07) is 0.0521. The molecular weight excluding hydrogens is 126 g/mol. The minimum atomic E-state index is -3.91. The topological polar surface area (TPSA) is 0 Å². The Balaban J connectivity index is 3.53. The van der Waals surface area contributed by atoms with Crippen LogP contribution in [-0.4, -0.2) is 8.74 Å². The van der Waals surface area contributed by atoms with Gasteiger partial charge in [-0.15, -0.1) is 6.58 Å². The third kappa shape index (κ3) is 2.90. The summed E-state index contributed by atoms with van der Waals surface area (Å²) in [5.41, 5.74) is 0.830. The van der Waals surface area contributed by atoms with Gasteiger partial charge in [-0.3, -0.25) is 8.22 Å². The summed E-state index contributed by atoms with van der Waals surface area (Å²) >= 11 is 0. The molecule has 0 aromatic rings. The van der Waals surface area contributed by atoms with Crippen molar-refractivity contribution in [3.63, 3.8) is 0 Å². The van der Waals surface area contributed by atoms with Gasteiger partial charge in [-0.25, -0.2) is 0 Å². The number of hydrogen-bond donors (Lipinski definition) is 0. The predicted octanol–water partition coefficient (Wildman–Crippen LogP) is 2.50. The van der Waals surface area contributed by atoms with Crippen LogP contribution in [0.5, 0.6) is 0 Å². The molecule has 0 radical (unpaired) electrons. The van der Waals surface area contributed by atoms with Crippen LogP contribution in [0.1, 0.15) is 13.3 Å². The summed E-state index contributed by atoms with van der Waals surface area (Å²) in [5.74, 6) is 0. The van der Waals surface area contributed by atoms with Crippen molar-refractivity contribution in [3.05, 3.63) is 12.3 Å². The van der Waals surface area contributed by atoms with Crippen LogP contribution in [0, 0.1) is 0 Å². The summed E-state index contributed by atoms with van der Waals surface area (Å²) in [6.45, 7) is 4.82. The molecule has 0 unspecified atom stereocenters. The summed E-state index contributed by atoms with van der Waals surface area (Å²) in [4.78, 5) is 0. The molecule has 48 valence electrons. The highest BCUT2D eigenvalue weighted by Gasteiger charge is 2.28. The van der Waals surface area contributed by atoms with Crippen molar-refractivity contribution in [2.45, 2.75) is 19.4 Å². The fourth-order valence-electron chi connectivity index (χ4n) is 0.435. The number of rotatable bonds is 3. The average molecular weight is 136 g/mol. The zero-order valence-corrected chi connectivity index (χ0v) is 5.95. The molecule has 0 bridgehead atoms. The van der Waals surface area contributed by atoms with E-state index in [1.807, 2.05) is 0 Å². The molecule has 8 heavy (non-hydrogen) atoms. The van der Waals surface area contributed by atoms with E-state index in [4.69, 9.17) is 0 Å². The zero-order valence-electron chi connectivity index (χ0n) is 4.95. The second-order valence-electron chi connectivity index (χ2n) is 1.72. The van der Waals surface area contributed by atoms with Gasteiger partial charge in [0.05, 0.1) is 0 Å². The van der Waals surface area contributed by atoms with Crippen molar-refractivity contribution in [1.29, 1.82) is 0 Å². The molecule has 0 nitrogen and oxygen atoms in total. The summed E-state index contributed by atoms with van der Waals surface area (Å²) < 4.78 is 24.3. The Morgan fingerprint density at radius 3 is 2.25 bits per heavy atom. The maximum atomic E-state index is 12.2. The van der Waals surface area contributed by atoms with Gasteiger partial charge in [-0.05, 0) is 5.70 Å². The Labute approximate surface area is 49.6 Å². The molecule has 0 fully saturated rings. The minimum Gasteiger partial charge on any atom is -0.265 e. The van der Waals surface area contributed by atoms with Crippen molar-refractivity contribution in [2.24, 2.45) is 0 Å². The van der Waals surface area contributed by atoms with Crippen LogP contribution in [0.4, 0.5) is 8.22 Å². The van der Waals surface area contributed by atoms with Crippen molar-refractivity contribution < 1.29 is 8.22 Å². The minimum absolute atomic E-state index is 0.0521. The largest absolute Gasteiger partial charge is 0.447 e. The van der Waals surface area contributed by atoms with Gasteiger partial charge in [0.25, 0.3) is 0 Å². The van der Waals surface area contributed by atoms with Crippen LogP contribution in [0.2, 0.25) is 6.04 Å². The van der Waals surface area contributed by atoms with Crippen LogP contribution in [0.25, 0.3) is 0 Å². The molecule has 0 aromatic heterocycles. The monoisotopic (exact) mass is 136 g/mol. The van der Waals surface area contributed by atoms with E-state index in [9.17, 15) is 8.22 Å². The highest BCUT2D eigenvalue weighted by Crippen LogP contribution is 2.15. The molecule has 0 atom stereocenters. The average Bonchev–Trinajstić information content (AvgIpc) is 1.67. The van der Waals surface area contributed by atoms with Gasteiger partial charge < -0.3 is 0 Å². The highest BCUT2D eigenvalue weighted by molar-refractivity contribution is 6.71. The normalized spacial score (nSPS) is 11.4. The fraction of sp³-hybridized carbons (Fsp3) is 0.600. The molecular formula is C5H10F2Si. The van der Waals surface area contributed by atoms with Crippen molar-refractivity contribution >= 4 is 8.74 Å². The van der Waals surface area contributed by atoms with E-state index in [0.717, 1.165) is 5.70 Å². The Morgan fingerprint density at radius 1 is 1.62 bits per heavy atom. The lowest BCUT2D eigenvalue weighted by atomic mass is 10.6. The fourth-order valence-corrected chi connectivity index (χ4v) is 1.31. The lowest BCUT2D eigenvalue weighted by Gasteiger charge is -2.02. The van der Waals surface area contributed by atoms with E-state index >= 15 is 0 Å². The van der Waals surface area contributed by atoms with Crippen molar-refractivity contribution in [3.8, 4) is 0 Å². The highest BCUT2D eigenvalue weighted by atomic mass is 28.4. The first-order chi connectivity index (χ1) is 3.62. The van der Waals surface area contributed by atoms with E-state index in [-0.39, 0.29) is 6.04 Å². The molecule has 0 saturated carbocycles. The second-order valence-corrected chi connectivity index (χ2v) is 4.15. The predicted molar refractivity (Wildman–Crippen MR) is 33.3 cm³/mol. The number of hydrogen-bond acceptors (Lipinski definition) is 0. The molecule has 0 aliphatic heterocycles. The molecule has 0 aromatic carbocycles. The number of halogens is 2. The molecule has 0 saturated heterocycles. The van der Waals surface area contributed by atoms with Crippen molar-refractivity contribution in [2.75, 3.05) is 0 Å². The molecule has 0 N–H and O–H groups in total. The molecule has 0 rings (SSSR count). The van der Waals surface area contributed by atoms with E-state index in [0.29, 0.717) is 6.42 Å². The summed E-state index contributed by atoms with van der Waals surface area (Å²) in [6.07, 6.45) is 0.561. The van der Waals surface area contributed by atoms with Gasteiger partial charge in [0.1, 0.15) is 0 Å². The zero-order chi connectivity index (χ0) is 6.62. The molecule has 0 spiro atoms. The van der Waals surface area contributed by atoms with Crippen molar-refractivity contribution in [1.82, 2.24) is 0 Å². The first-order valence-electron chi connectivity index (χ1n) is 2.64. The van der Waals surface area contributed by atoms with Gasteiger partial charge in [-0.2, -0.15) is 0 Å². The SMILES string of the molecule is C=C[Si](F)(F)CCC. The van der Waals surface area contributed by atoms with E-state index in [1.165, 1.54) is 0 Å². The Hall–Kier alpha value is -0.183. The smallest absolute Gasteiger partial charge is 0.265 e. The summed E-state index contributed by atoms with van der Waals surface area (Å²) in [7, 11) is -3.91. The maximum absolute atomic E-state index is 12.2. The quantitative estimate of drug-likeness (QED) is 0.413. The molecule has 0 aliphatic rings. The Kier molecular flexibility index (Phi) is 2.90. The Morgan fingerprint density at radius 2 is 2.12 bits per heavy atom. The molecule has 0 heterocycles. The van der Waals surface area contributed by atoms with E-state index < -0.39 is 8.74 Å². The van der Waals surface area contributed by atoms with E-state index in [2.05, 4.69) is 6.58 Å². The molecule has 3 heteroatoms. The standard InChI is InChI=1S/C5H10F2Si/c1-3-5-8(6,7)4-2/h4H,2-3,5H2,1H3. The lowest BCUT2D eigenvalue weighted by molar-refractivity contribution is 0.614. The van der Waals surface area contributed by atoms with Gasteiger partial charge in [0.2, 0.25) is 0 Å². The van der Waals surface area contributed by atoms with Gasteiger partial charge >= 0.3 is 8.74 Å². The van der Waals surface area contributed by atoms with Crippen LogP contribution in [-0.2, 0) is 0 Å². The van der Waals surface area contributed by atoms with Crippen LogP contribution < -0.4 is 0 Å².